The third kappa shape index (κ3) is 3.67. The molecule has 4 heteroatoms. The van der Waals surface area contributed by atoms with E-state index in [-0.39, 0.29) is 6.04 Å². The molecule has 2 heterocycles. The maximum atomic E-state index is 6.13. The van der Waals surface area contributed by atoms with Crippen LogP contribution in [-0.4, -0.2) is 9.55 Å². The first-order valence-corrected chi connectivity index (χ1v) is 7.83. The molecule has 2 N–H and O–H groups in total. The van der Waals surface area contributed by atoms with E-state index in [0.29, 0.717) is 5.92 Å². The maximum absolute atomic E-state index is 6.13. The summed E-state index contributed by atoms with van der Waals surface area (Å²) in [4.78, 5) is 4.66. The van der Waals surface area contributed by atoms with Crippen LogP contribution >= 0.6 is 11.3 Å². The van der Waals surface area contributed by atoms with Crippen molar-refractivity contribution < 1.29 is 0 Å². The second kappa shape index (κ2) is 6.35. The molecule has 2 aromatic rings. The first-order valence-electron chi connectivity index (χ1n) is 6.95. The van der Waals surface area contributed by atoms with E-state index in [1.54, 1.807) is 11.3 Å². The minimum atomic E-state index is 0.160. The summed E-state index contributed by atoms with van der Waals surface area (Å²) in [5, 5.41) is 3.37. The van der Waals surface area contributed by atoms with Gasteiger partial charge in [-0.25, -0.2) is 4.98 Å². The van der Waals surface area contributed by atoms with Crippen LogP contribution in [0.2, 0.25) is 0 Å². The summed E-state index contributed by atoms with van der Waals surface area (Å²) in [5.74, 6) is 0.511. The van der Waals surface area contributed by atoms with E-state index in [9.17, 15) is 0 Å². The fourth-order valence-electron chi connectivity index (χ4n) is 2.10. The molecule has 0 bridgehead atoms. The van der Waals surface area contributed by atoms with Gasteiger partial charge >= 0.3 is 0 Å². The molecule has 0 amide bonds. The summed E-state index contributed by atoms with van der Waals surface area (Å²) in [6.07, 6.45) is 6.41. The molecule has 0 aliphatic carbocycles. The van der Waals surface area contributed by atoms with Gasteiger partial charge in [-0.2, -0.15) is 0 Å². The lowest BCUT2D eigenvalue weighted by Crippen LogP contribution is -2.08. The van der Waals surface area contributed by atoms with E-state index in [1.165, 1.54) is 10.6 Å². The van der Waals surface area contributed by atoms with E-state index in [2.05, 4.69) is 54.2 Å². The summed E-state index contributed by atoms with van der Waals surface area (Å²) < 4.78 is 2.17. The Morgan fingerprint density at radius 2 is 2.21 bits per heavy atom. The molecule has 2 rings (SSSR count). The quantitative estimate of drug-likeness (QED) is 0.869. The summed E-state index contributed by atoms with van der Waals surface area (Å²) in [5.41, 5.74) is 8.49. The summed E-state index contributed by atoms with van der Waals surface area (Å²) >= 11 is 1.75. The highest BCUT2D eigenvalue weighted by molar-refractivity contribution is 7.09. The van der Waals surface area contributed by atoms with Gasteiger partial charge in [0.15, 0.2) is 0 Å². The van der Waals surface area contributed by atoms with E-state index >= 15 is 0 Å². The van der Waals surface area contributed by atoms with Crippen molar-refractivity contribution in [1.82, 2.24) is 9.55 Å². The molecule has 2 aromatic heterocycles. The van der Waals surface area contributed by atoms with Crippen molar-refractivity contribution in [3.8, 4) is 0 Å². The van der Waals surface area contributed by atoms with Crippen molar-refractivity contribution in [1.29, 1.82) is 0 Å². The summed E-state index contributed by atoms with van der Waals surface area (Å²) in [6.45, 7) is 7.36. The van der Waals surface area contributed by atoms with Crippen molar-refractivity contribution >= 4 is 11.3 Å². The van der Waals surface area contributed by atoms with E-state index in [1.807, 2.05) is 0 Å². The SMILES string of the molecule is CCCC(N)c1ccn(Cc2csc(C(C)C)n2)c1. The molecule has 104 valence electrons. The highest BCUT2D eigenvalue weighted by Crippen LogP contribution is 2.21. The van der Waals surface area contributed by atoms with E-state index in [0.717, 1.165) is 25.1 Å². The molecule has 19 heavy (non-hydrogen) atoms. The minimum absolute atomic E-state index is 0.160. The number of rotatable bonds is 6. The number of aromatic nitrogens is 2. The van der Waals surface area contributed by atoms with E-state index in [4.69, 9.17) is 5.73 Å². The monoisotopic (exact) mass is 277 g/mol. The summed E-state index contributed by atoms with van der Waals surface area (Å²) in [6, 6.07) is 2.28. The first kappa shape index (κ1) is 14.3. The fourth-order valence-corrected chi connectivity index (χ4v) is 2.93. The first-order chi connectivity index (χ1) is 9.10. The van der Waals surface area contributed by atoms with Crippen LogP contribution in [-0.2, 0) is 6.54 Å². The zero-order valence-electron chi connectivity index (χ0n) is 12.0. The number of hydrogen-bond acceptors (Lipinski definition) is 3. The van der Waals surface area contributed by atoms with E-state index < -0.39 is 0 Å². The predicted octanol–water partition coefficient (Wildman–Crippen LogP) is 3.92. The summed E-state index contributed by atoms with van der Waals surface area (Å²) in [7, 11) is 0. The van der Waals surface area contributed by atoms with Crippen LogP contribution in [0.3, 0.4) is 0 Å². The van der Waals surface area contributed by atoms with Gasteiger partial charge in [0.05, 0.1) is 17.2 Å². The van der Waals surface area contributed by atoms with Crippen LogP contribution in [0.1, 0.15) is 61.8 Å². The van der Waals surface area contributed by atoms with Gasteiger partial charge in [0, 0.05) is 29.7 Å². The Morgan fingerprint density at radius 1 is 1.42 bits per heavy atom. The molecule has 0 saturated carbocycles. The maximum Gasteiger partial charge on any atom is 0.0954 e. The molecule has 0 radical (unpaired) electrons. The Kier molecular flexibility index (Phi) is 4.77. The van der Waals surface area contributed by atoms with Gasteiger partial charge in [-0.1, -0.05) is 27.2 Å². The van der Waals surface area contributed by atoms with Crippen LogP contribution < -0.4 is 5.73 Å². The molecular formula is C15H23N3S. The zero-order chi connectivity index (χ0) is 13.8. The molecule has 0 aromatic carbocycles. The molecule has 0 fully saturated rings. The third-order valence-electron chi connectivity index (χ3n) is 3.21. The Hall–Kier alpha value is -1.13. The van der Waals surface area contributed by atoms with Crippen molar-refractivity contribution in [2.45, 2.75) is 52.1 Å². The standard InChI is InChI=1S/C15H23N3S/c1-4-5-14(16)12-6-7-18(8-12)9-13-10-19-15(17-13)11(2)3/h6-8,10-11,14H,4-5,9,16H2,1-3H3. The molecule has 0 saturated heterocycles. The van der Waals surface area contributed by atoms with Gasteiger partial charge in [-0.05, 0) is 18.1 Å². The van der Waals surface area contributed by atoms with Gasteiger partial charge < -0.3 is 10.3 Å². The van der Waals surface area contributed by atoms with Gasteiger partial charge in [0.1, 0.15) is 0 Å². The molecule has 3 nitrogen and oxygen atoms in total. The average Bonchev–Trinajstić information content (AvgIpc) is 2.99. The predicted molar refractivity (Wildman–Crippen MR) is 81.6 cm³/mol. The normalized spacial score (nSPS) is 13.1. The molecular weight excluding hydrogens is 254 g/mol. The number of nitrogens with zero attached hydrogens (tertiary/aromatic N) is 2. The Morgan fingerprint density at radius 3 is 2.84 bits per heavy atom. The Balaban J connectivity index is 2.02. The topological polar surface area (TPSA) is 43.8 Å². The lowest BCUT2D eigenvalue weighted by Gasteiger charge is -2.07. The van der Waals surface area contributed by atoms with Crippen LogP contribution in [0.15, 0.2) is 23.8 Å². The number of nitrogens with two attached hydrogens (primary N) is 1. The van der Waals surface area contributed by atoms with Gasteiger partial charge in [-0.15, -0.1) is 11.3 Å². The Bertz CT molecular complexity index is 513. The zero-order valence-corrected chi connectivity index (χ0v) is 12.8. The Labute approximate surface area is 119 Å². The van der Waals surface area contributed by atoms with Gasteiger partial charge in [-0.3, -0.25) is 0 Å². The number of hydrogen-bond donors (Lipinski definition) is 1. The van der Waals surface area contributed by atoms with Gasteiger partial charge in [0.25, 0.3) is 0 Å². The van der Waals surface area contributed by atoms with Gasteiger partial charge in [0.2, 0.25) is 0 Å². The van der Waals surface area contributed by atoms with Crippen molar-refractivity contribution in [2.24, 2.45) is 5.73 Å². The number of thiazole rings is 1. The third-order valence-corrected chi connectivity index (χ3v) is 4.40. The lowest BCUT2D eigenvalue weighted by molar-refractivity contribution is 0.635. The largest absolute Gasteiger partial charge is 0.348 e. The van der Waals surface area contributed by atoms with Crippen LogP contribution in [0.25, 0.3) is 0 Å². The molecule has 0 aliphatic rings. The second-order valence-electron chi connectivity index (χ2n) is 5.34. The molecule has 0 spiro atoms. The van der Waals surface area contributed by atoms with Crippen LogP contribution in [0.4, 0.5) is 0 Å². The smallest absolute Gasteiger partial charge is 0.0954 e. The average molecular weight is 277 g/mol. The van der Waals surface area contributed by atoms with Crippen molar-refractivity contribution in [3.63, 3.8) is 0 Å². The second-order valence-corrected chi connectivity index (χ2v) is 6.23. The van der Waals surface area contributed by atoms with Crippen molar-refractivity contribution in [3.05, 3.63) is 40.1 Å². The van der Waals surface area contributed by atoms with Crippen LogP contribution in [0, 0.1) is 0 Å². The molecule has 0 aliphatic heterocycles. The molecule has 1 unspecified atom stereocenters. The highest BCUT2D eigenvalue weighted by atomic mass is 32.1. The molecule has 1 atom stereocenters. The fraction of sp³-hybridized carbons (Fsp3) is 0.533. The lowest BCUT2D eigenvalue weighted by atomic mass is 10.1. The highest BCUT2D eigenvalue weighted by Gasteiger charge is 2.09. The van der Waals surface area contributed by atoms with Crippen LogP contribution in [0.5, 0.6) is 0 Å². The minimum Gasteiger partial charge on any atom is -0.348 e. The van der Waals surface area contributed by atoms with Crippen molar-refractivity contribution in [2.75, 3.05) is 0 Å².